The van der Waals surface area contributed by atoms with Crippen molar-refractivity contribution in [3.63, 3.8) is 0 Å². The Balaban J connectivity index is 2.37. The van der Waals surface area contributed by atoms with Crippen molar-refractivity contribution < 1.29 is 4.92 Å². The molecule has 0 aliphatic heterocycles. The van der Waals surface area contributed by atoms with Crippen molar-refractivity contribution in [2.24, 2.45) is 0 Å². The van der Waals surface area contributed by atoms with Gasteiger partial charge in [0.05, 0.1) is 4.92 Å². The number of rotatable bonds is 6. The monoisotopic (exact) mass is 238 g/mol. The molecule has 5 heteroatoms. The second-order valence-electron chi connectivity index (χ2n) is 3.15. The van der Waals surface area contributed by atoms with Gasteiger partial charge >= 0.3 is 0 Å². The van der Waals surface area contributed by atoms with Crippen molar-refractivity contribution >= 4 is 11.8 Å². The maximum absolute atomic E-state index is 10.3. The van der Waals surface area contributed by atoms with E-state index in [0.717, 1.165) is 12.6 Å². The molecule has 0 aromatic heterocycles. The van der Waals surface area contributed by atoms with Crippen LogP contribution in [0.4, 0.5) is 0 Å². The number of hydrogen-bond donors (Lipinski definition) is 1. The van der Waals surface area contributed by atoms with E-state index in [1.807, 2.05) is 36.6 Å². The van der Waals surface area contributed by atoms with E-state index < -0.39 is 4.92 Å². The molecule has 0 spiro atoms. The van der Waals surface area contributed by atoms with Crippen LogP contribution < -0.4 is 5.32 Å². The van der Waals surface area contributed by atoms with Crippen molar-refractivity contribution in [3.05, 3.63) is 57.2 Å². The normalized spacial score (nSPS) is 11.2. The molecule has 86 valence electrons. The van der Waals surface area contributed by atoms with E-state index in [1.165, 1.54) is 17.3 Å². The lowest BCUT2D eigenvalue weighted by atomic mass is 10.1. The Morgan fingerprint density at radius 2 is 2.19 bits per heavy atom. The smallest absolute Gasteiger partial charge is 0.263 e. The predicted molar refractivity (Wildman–Crippen MR) is 66.7 cm³/mol. The van der Waals surface area contributed by atoms with Crippen LogP contribution in [0.15, 0.2) is 41.6 Å². The first kappa shape index (κ1) is 12.6. The van der Waals surface area contributed by atoms with Gasteiger partial charge in [-0.3, -0.25) is 10.1 Å². The number of hydrogen-bond acceptors (Lipinski definition) is 4. The maximum atomic E-state index is 10.3. The first-order chi connectivity index (χ1) is 7.72. The molecular formula is C11H14N2O2S. The molecule has 0 amide bonds. The molecule has 0 atom stereocenters. The zero-order valence-electron chi connectivity index (χ0n) is 9.05. The van der Waals surface area contributed by atoms with Crippen molar-refractivity contribution in [2.75, 3.05) is 12.8 Å². The Morgan fingerprint density at radius 3 is 2.75 bits per heavy atom. The fraction of sp³-hybridized carbons (Fsp3) is 0.273. The van der Waals surface area contributed by atoms with Gasteiger partial charge in [0.15, 0.2) is 0 Å². The van der Waals surface area contributed by atoms with Crippen LogP contribution in [0, 0.1) is 10.1 Å². The van der Waals surface area contributed by atoms with Crippen LogP contribution in [0.5, 0.6) is 0 Å². The molecule has 1 aromatic carbocycles. The van der Waals surface area contributed by atoms with Crippen molar-refractivity contribution in [1.29, 1.82) is 0 Å². The standard InChI is InChI=1S/C11H14N2O2S/c1-16-11(9-13(14)15)12-8-7-10-5-3-2-4-6-10/h2-6,9,12H,7-8H2,1H3/b11-9-. The third-order valence-corrected chi connectivity index (χ3v) is 2.69. The summed E-state index contributed by atoms with van der Waals surface area (Å²) in [5, 5.41) is 13.9. The van der Waals surface area contributed by atoms with Gasteiger partial charge in [0.2, 0.25) is 0 Å². The third kappa shape index (κ3) is 4.84. The van der Waals surface area contributed by atoms with E-state index in [-0.39, 0.29) is 0 Å². The van der Waals surface area contributed by atoms with Crippen LogP contribution in [-0.2, 0) is 6.42 Å². The minimum absolute atomic E-state index is 0.443. The van der Waals surface area contributed by atoms with Crippen molar-refractivity contribution in [3.8, 4) is 0 Å². The number of nitro groups is 1. The van der Waals surface area contributed by atoms with Crippen LogP contribution in [0.2, 0.25) is 0 Å². The average molecular weight is 238 g/mol. The van der Waals surface area contributed by atoms with Gasteiger partial charge in [-0.05, 0) is 18.2 Å². The summed E-state index contributed by atoms with van der Waals surface area (Å²) < 4.78 is 0. The van der Waals surface area contributed by atoms with Gasteiger partial charge in [-0.15, -0.1) is 11.8 Å². The molecule has 1 N–H and O–H groups in total. The first-order valence-electron chi connectivity index (χ1n) is 4.89. The van der Waals surface area contributed by atoms with Gasteiger partial charge in [0.25, 0.3) is 6.20 Å². The zero-order valence-corrected chi connectivity index (χ0v) is 9.87. The summed E-state index contributed by atoms with van der Waals surface area (Å²) in [6.07, 6.45) is 3.66. The van der Waals surface area contributed by atoms with Crippen LogP contribution in [0.1, 0.15) is 5.56 Å². The molecule has 0 aliphatic carbocycles. The van der Waals surface area contributed by atoms with E-state index >= 15 is 0 Å². The van der Waals surface area contributed by atoms with Crippen LogP contribution in [0.3, 0.4) is 0 Å². The van der Waals surface area contributed by atoms with E-state index in [9.17, 15) is 10.1 Å². The molecule has 1 aromatic rings. The molecular weight excluding hydrogens is 224 g/mol. The molecule has 0 saturated heterocycles. The molecule has 0 heterocycles. The highest BCUT2D eigenvalue weighted by molar-refractivity contribution is 8.02. The van der Waals surface area contributed by atoms with Crippen LogP contribution >= 0.6 is 11.8 Å². The summed E-state index contributed by atoms with van der Waals surface area (Å²) in [6.45, 7) is 0.699. The molecule has 0 bridgehead atoms. The van der Waals surface area contributed by atoms with E-state index in [4.69, 9.17) is 0 Å². The molecule has 0 aliphatic rings. The first-order valence-corrected chi connectivity index (χ1v) is 6.12. The molecule has 0 saturated carbocycles. The largest absolute Gasteiger partial charge is 0.374 e. The molecule has 0 radical (unpaired) electrons. The maximum Gasteiger partial charge on any atom is 0.263 e. The average Bonchev–Trinajstić information content (AvgIpc) is 2.28. The van der Waals surface area contributed by atoms with Crippen molar-refractivity contribution in [2.45, 2.75) is 6.42 Å². The molecule has 1 rings (SSSR count). The lowest BCUT2D eigenvalue weighted by Crippen LogP contribution is -2.15. The van der Waals surface area contributed by atoms with Gasteiger partial charge in [0.1, 0.15) is 5.03 Å². The third-order valence-electron chi connectivity index (χ3n) is 2.00. The summed E-state index contributed by atoms with van der Waals surface area (Å²) in [6, 6.07) is 10.0. The second-order valence-corrected chi connectivity index (χ2v) is 3.99. The minimum Gasteiger partial charge on any atom is -0.374 e. The molecule has 0 fully saturated rings. The summed E-state index contributed by atoms with van der Waals surface area (Å²) in [5.74, 6) is 0. The van der Waals surface area contributed by atoms with E-state index in [0.29, 0.717) is 11.6 Å². The Hall–Kier alpha value is -1.49. The predicted octanol–water partition coefficient (Wildman–Crippen LogP) is 2.26. The summed E-state index contributed by atoms with van der Waals surface area (Å²) in [4.78, 5) is 9.83. The minimum atomic E-state index is -0.443. The highest BCUT2D eigenvalue weighted by Gasteiger charge is 2.00. The number of benzene rings is 1. The highest BCUT2D eigenvalue weighted by Crippen LogP contribution is 2.07. The van der Waals surface area contributed by atoms with Gasteiger partial charge < -0.3 is 5.32 Å². The van der Waals surface area contributed by atoms with Gasteiger partial charge in [-0.25, -0.2) is 0 Å². The van der Waals surface area contributed by atoms with Gasteiger partial charge in [-0.1, -0.05) is 30.3 Å². The molecule has 0 unspecified atom stereocenters. The Bertz CT molecular complexity index is 366. The van der Waals surface area contributed by atoms with E-state index in [1.54, 1.807) is 0 Å². The zero-order chi connectivity index (χ0) is 11.8. The lowest BCUT2D eigenvalue weighted by Gasteiger charge is -2.05. The lowest BCUT2D eigenvalue weighted by molar-refractivity contribution is -0.403. The SMILES string of the molecule is CS/C(=C\[N+](=O)[O-])NCCc1ccccc1. The fourth-order valence-corrected chi connectivity index (χ4v) is 1.68. The number of thioether (sulfide) groups is 1. The molecule has 4 nitrogen and oxygen atoms in total. The Kier molecular flexibility index (Phi) is 5.42. The Labute approximate surface area is 98.9 Å². The summed E-state index contributed by atoms with van der Waals surface area (Å²) in [7, 11) is 0. The quantitative estimate of drug-likeness (QED) is 0.610. The second kappa shape index (κ2) is 6.90. The van der Waals surface area contributed by atoms with Crippen molar-refractivity contribution in [1.82, 2.24) is 5.32 Å². The molecule has 16 heavy (non-hydrogen) atoms. The van der Waals surface area contributed by atoms with Gasteiger partial charge in [-0.2, -0.15) is 0 Å². The fourth-order valence-electron chi connectivity index (χ4n) is 1.24. The van der Waals surface area contributed by atoms with Crippen LogP contribution in [0.25, 0.3) is 0 Å². The Morgan fingerprint density at radius 1 is 1.50 bits per heavy atom. The van der Waals surface area contributed by atoms with E-state index in [2.05, 4.69) is 5.32 Å². The van der Waals surface area contributed by atoms with Gasteiger partial charge in [0, 0.05) is 6.54 Å². The summed E-state index contributed by atoms with van der Waals surface area (Å²) >= 11 is 1.34. The van der Waals surface area contributed by atoms with Crippen LogP contribution in [-0.4, -0.2) is 17.7 Å². The summed E-state index contributed by atoms with van der Waals surface area (Å²) in [5.41, 5.74) is 1.22. The number of nitrogens with one attached hydrogen (secondary N) is 1. The highest BCUT2D eigenvalue weighted by atomic mass is 32.2. The number of nitrogens with zero attached hydrogens (tertiary/aromatic N) is 1. The topological polar surface area (TPSA) is 55.2 Å².